The van der Waals surface area contributed by atoms with Crippen LogP contribution < -0.4 is 5.32 Å². The second-order valence-corrected chi connectivity index (χ2v) is 5.62. The summed E-state index contributed by atoms with van der Waals surface area (Å²) in [5, 5.41) is 3.41. The molecule has 1 fully saturated rings. The van der Waals surface area contributed by atoms with Crippen molar-refractivity contribution in [3.05, 3.63) is 23.7 Å². The first kappa shape index (κ1) is 13.5. The number of rotatable bonds is 4. The van der Waals surface area contributed by atoms with E-state index >= 15 is 0 Å². The van der Waals surface area contributed by atoms with Gasteiger partial charge in [-0.1, -0.05) is 0 Å². The predicted molar refractivity (Wildman–Crippen MR) is 78.6 cm³/mol. The number of ether oxygens (including phenoxy) is 1. The van der Waals surface area contributed by atoms with Crippen LogP contribution >= 0.6 is 0 Å². The molecule has 1 saturated heterocycles. The molecule has 0 amide bonds. The summed E-state index contributed by atoms with van der Waals surface area (Å²) in [6.07, 6.45) is 4.36. The fraction of sp³-hybridized carbons (Fsp3) is 0.600. The number of hydrogen-bond donors (Lipinski definition) is 1. The molecule has 0 bridgehead atoms. The topological polar surface area (TPSA) is 52.0 Å². The highest BCUT2D eigenvalue weighted by Gasteiger charge is 2.18. The predicted octanol–water partition coefficient (Wildman–Crippen LogP) is 1.89. The van der Waals surface area contributed by atoms with E-state index in [0.29, 0.717) is 12.5 Å². The molecule has 5 heteroatoms. The van der Waals surface area contributed by atoms with Crippen LogP contribution in [0, 0.1) is 12.8 Å². The minimum atomic E-state index is 0.542. The molecule has 1 N–H and O–H groups in total. The van der Waals surface area contributed by atoms with Crippen molar-refractivity contribution in [2.75, 3.05) is 20.2 Å². The van der Waals surface area contributed by atoms with E-state index in [1.54, 1.807) is 7.11 Å². The number of nitrogens with one attached hydrogen (secondary N) is 1. The number of aryl methyl sites for hydroxylation is 1. The molecule has 0 spiro atoms. The van der Waals surface area contributed by atoms with Gasteiger partial charge in [-0.2, -0.15) is 0 Å². The van der Waals surface area contributed by atoms with Crippen LogP contribution in [0.3, 0.4) is 0 Å². The summed E-state index contributed by atoms with van der Waals surface area (Å²) in [6.45, 7) is 5.81. The maximum Gasteiger partial charge on any atom is 0.160 e. The van der Waals surface area contributed by atoms with Gasteiger partial charge < -0.3 is 14.6 Å². The molecule has 0 aliphatic carbocycles. The summed E-state index contributed by atoms with van der Waals surface area (Å²) < 4.78 is 7.54. The van der Waals surface area contributed by atoms with Gasteiger partial charge in [0, 0.05) is 19.9 Å². The lowest BCUT2D eigenvalue weighted by atomic mass is 9.98. The second kappa shape index (κ2) is 5.89. The van der Waals surface area contributed by atoms with E-state index in [1.807, 2.05) is 13.1 Å². The fourth-order valence-corrected chi connectivity index (χ4v) is 2.91. The molecule has 0 atom stereocenters. The third-order valence-electron chi connectivity index (χ3n) is 3.97. The van der Waals surface area contributed by atoms with Crippen LogP contribution in [0.15, 0.2) is 12.3 Å². The Bertz CT molecular complexity index is 587. The Morgan fingerprint density at radius 1 is 1.40 bits per heavy atom. The highest BCUT2D eigenvalue weighted by Crippen LogP contribution is 2.21. The summed E-state index contributed by atoms with van der Waals surface area (Å²) in [4.78, 5) is 9.27. The summed E-state index contributed by atoms with van der Waals surface area (Å²) in [7, 11) is 1.72. The minimum absolute atomic E-state index is 0.542. The van der Waals surface area contributed by atoms with Gasteiger partial charge in [-0.05, 0) is 50.4 Å². The van der Waals surface area contributed by atoms with Gasteiger partial charge in [-0.15, -0.1) is 0 Å². The number of nitrogens with zero attached hydrogens (tertiary/aromatic N) is 3. The molecule has 3 heterocycles. The van der Waals surface area contributed by atoms with Crippen LogP contribution in [0.1, 0.15) is 24.2 Å². The summed E-state index contributed by atoms with van der Waals surface area (Å²) >= 11 is 0. The van der Waals surface area contributed by atoms with Gasteiger partial charge in [0.05, 0.1) is 0 Å². The molecule has 2 aromatic heterocycles. The Morgan fingerprint density at radius 2 is 2.20 bits per heavy atom. The lowest BCUT2D eigenvalue weighted by Crippen LogP contribution is -2.30. The number of pyridine rings is 1. The standard InChI is InChI=1S/C15H22N4O/c1-11-7-13-15(17-8-11)19(14(18-13)10-20-2)9-12-3-5-16-6-4-12/h7-8,12,16H,3-6,9-10H2,1-2H3. The smallest absolute Gasteiger partial charge is 0.160 e. The average molecular weight is 274 g/mol. The van der Waals surface area contributed by atoms with E-state index in [-0.39, 0.29) is 0 Å². The maximum absolute atomic E-state index is 5.29. The highest BCUT2D eigenvalue weighted by molar-refractivity contribution is 5.72. The van der Waals surface area contributed by atoms with Crippen molar-refractivity contribution in [2.24, 2.45) is 5.92 Å². The first-order valence-corrected chi connectivity index (χ1v) is 7.29. The van der Waals surface area contributed by atoms with Crippen LogP contribution in [0.4, 0.5) is 0 Å². The molecule has 20 heavy (non-hydrogen) atoms. The van der Waals surface area contributed by atoms with Gasteiger partial charge >= 0.3 is 0 Å². The van der Waals surface area contributed by atoms with E-state index < -0.39 is 0 Å². The molecule has 0 radical (unpaired) electrons. The van der Waals surface area contributed by atoms with Gasteiger partial charge in [-0.3, -0.25) is 0 Å². The van der Waals surface area contributed by atoms with Crippen LogP contribution in [0.2, 0.25) is 0 Å². The third kappa shape index (κ3) is 2.69. The SMILES string of the molecule is COCc1nc2cc(C)cnc2n1CC1CCNCC1. The Kier molecular flexibility index (Phi) is 3.98. The molecule has 1 aliphatic rings. The highest BCUT2D eigenvalue weighted by atomic mass is 16.5. The summed E-state index contributed by atoms with van der Waals surface area (Å²) in [5.41, 5.74) is 3.11. The Balaban J connectivity index is 1.95. The molecular weight excluding hydrogens is 252 g/mol. The number of methoxy groups -OCH3 is 1. The zero-order valence-electron chi connectivity index (χ0n) is 12.2. The van der Waals surface area contributed by atoms with Crippen molar-refractivity contribution < 1.29 is 4.74 Å². The van der Waals surface area contributed by atoms with Crippen LogP contribution in [-0.4, -0.2) is 34.7 Å². The minimum Gasteiger partial charge on any atom is -0.377 e. The van der Waals surface area contributed by atoms with E-state index in [2.05, 4.69) is 25.9 Å². The molecular formula is C15H22N4O. The van der Waals surface area contributed by atoms with Crippen molar-refractivity contribution in [1.82, 2.24) is 19.9 Å². The zero-order chi connectivity index (χ0) is 13.9. The zero-order valence-corrected chi connectivity index (χ0v) is 12.2. The van der Waals surface area contributed by atoms with Gasteiger partial charge in [0.15, 0.2) is 5.65 Å². The molecule has 5 nitrogen and oxygen atoms in total. The van der Waals surface area contributed by atoms with E-state index in [1.165, 1.54) is 12.8 Å². The van der Waals surface area contributed by atoms with E-state index in [0.717, 1.165) is 42.2 Å². The van der Waals surface area contributed by atoms with Gasteiger partial charge in [0.1, 0.15) is 17.9 Å². The molecule has 0 aromatic carbocycles. The van der Waals surface area contributed by atoms with Gasteiger partial charge in [-0.25, -0.2) is 9.97 Å². The number of fused-ring (bicyclic) bond motifs is 1. The van der Waals surface area contributed by atoms with Gasteiger partial charge in [0.25, 0.3) is 0 Å². The normalized spacial score (nSPS) is 16.9. The number of hydrogen-bond acceptors (Lipinski definition) is 4. The average Bonchev–Trinajstić information content (AvgIpc) is 2.77. The van der Waals surface area contributed by atoms with Crippen LogP contribution in [-0.2, 0) is 17.9 Å². The number of imidazole rings is 1. The number of piperidine rings is 1. The van der Waals surface area contributed by atoms with Crippen molar-refractivity contribution >= 4 is 11.2 Å². The lowest BCUT2D eigenvalue weighted by Gasteiger charge is -2.23. The Hall–Kier alpha value is -1.46. The van der Waals surface area contributed by atoms with E-state index in [9.17, 15) is 0 Å². The molecule has 0 saturated carbocycles. The van der Waals surface area contributed by atoms with Crippen molar-refractivity contribution in [3.63, 3.8) is 0 Å². The molecule has 2 aromatic rings. The molecule has 108 valence electrons. The van der Waals surface area contributed by atoms with E-state index in [4.69, 9.17) is 4.74 Å². The Labute approximate surface area is 119 Å². The quantitative estimate of drug-likeness (QED) is 0.925. The van der Waals surface area contributed by atoms with Crippen molar-refractivity contribution in [1.29, 1.82) is 0 Å². The van der Waals surface area contributed by atoms with Crippen molar-refractivity contribution in [2.45, 2.75) is 32.9 Å². The monoisotopic (exact) mass is 274 g/mol. The maximum atomic E-state index is 5.29. The largest absolute Gasteiger partial charge is 0.377 e. The summed E-state index contributed by atoms with van der Waals surface area (Å²) in [5.74, 6) is 1.69. The third-order valence-corrected chi connectivity index (χ3v) is 3.97. The molecule has 3 rings (SSSR count). The molecule has 1 aliphatic heterocycles. The fourth-order valence-electron chi connectivity index (χ4n) is 2.91. The van der Waals surface area contributed by atoms with Gasteiger partial charge in [0.2, 0.25) is 0 Å². The summed E-state index contributed by atoms with van der Waals surface area (Å²) in [6, 6.07) is 2.10. The van der Waals surface area contributed by atoms with Crippen molar-refractivity contribution in [3.8, 4) is 0 Å². The second-order valence-electron chi connectivity index (χ2n) is 5.62. The first-order valence-electron chi connectivity index (χ1n) is 7.29. The molecule has 0 unspecified atom stereocenters. The first-order chi connectivity index (χ1) is 9.78. The van der Waals surface area contributed by atoms with Crippen LogP contribution in [0.5, 0.6) is 0 Å². The number of aromatic nitrogens is 3. The lowest BCUT2D eigenvalue weighted by molar-refractivity contribution is 0.172. The Morgan fingerprint density at radius 3 is 2.95 bits per heavy atom. The van der Waals surface area contributed by atoms with Crippen LogP contribution in [0.25, 0.3) is 11.2 Å².